The Bertz CT molecular complexity index is 1510. The van der Waals surface area contributed by atoms with Crippen molar-refractivity contribution in [2.24, 2.45) is 5.92 Å². The summed E-state index contributed by atoms with van der Waals surface area (Å²) in [6.07, 6.45) is 6.00. The molecule has 0 saturated carbocycles. The molecule has 2 amide bonds. The Hall–Kier alpha value is -2.96. The smallest absolute Gasteiger partial charge is 0.343 e. The van der Waals surface area contributed by atoms with Gasteiger partial charge in [0.25, 0.3) is 11.8 Å². The lowest BCUT2D eigenvalue weighted by atomic mass is 9.92. The first-order chi connectivity index (χ1) is 22.7. The first-order valence-corrected chi connectivity index (χ1v) is 17.4. The van der Waals surface area contributed by atoms with Crippen LogP contribution in [0.5, 0.6) is 0 Å². The van der Waals surface area contributed by atoms with E-state index in [1.807, 2.05) is 36.4 Å². The predicted molar refractivity (Wildman–Crippen MR) is 184 cm³/mol. The van der Waals surface area contributed by atoms with E-state index < -0.39 is 63.9 Å². The number of fused-ring (bicyclic) bond motifs is 1. The molecule has 2 aliphatic heterocycles. The number of halogens is 3. The van der Waals surface area contributed by atoms with Gasteiger partial charge in [0.2, 0.25) is 3.79 Å². The summed E-state index contributed by atoms with van der Waals surface area (Å²) >= 11 is 17.0. The first-order valence-electron chi connectivity index (χ1n) is 16.3. The molecule has 0 aliphatic carbocycles. The summed E-state index contributed by atoms with van der Waals surface area (Å²) in [5.41, 5.74) is 4.15. The third kappa shape index (κ3) is 10.0. The van der Waals surface area contributed by atoms with Crippen LogP contribution >= 0.6 is 34.8 Å². The van der Waals surface area contributed by atoms with Crippen LogP contribution in [-0.2, 0) is 39.8 Å². The SMILES string of the molecule is CCc1ccc2ccc(/C=C/C3(C(=O)OC(C(=O)NC(C)C(=O)N4CCCC(C(=O)OCC(Cl)(Cl)Cl)N4)C(C)C)CCCCO3)cc2n1. The van der Waals surface area contributed by atoms with Crippen LogP contribution < -0.4 is 10.7 Å². The minimum atomic E-state index is -1.76. The van der Waals surface area contributed by atoms with E-state index in [1.54, 1.807) is 19.9 Å². The zero-order chi connectivity index (χ0) is 35.1. The number of aromatic nitrogens is 1. The zero-order valence-electron chi connectivity index (χ0n) is 27.6. The van der Waals surface area contributed by atoms with Gasteiger partial charge in [-0.15, -0.1) is 0 Å². The first kappa shape index (κ1) is 37.9. The monoisotopic (exact) mass is 724 g/mol. The molecule has 48 heavy (non-hydrogen) atoms. The summed E-state index contributed by atoms with van der Waals surface area (Å²) < 4.78 is 15.2. The van der Waals surface area contributed by atoms with E-state index in [0.29, 0.717) is 32.4 Å². The van der Waals surface area contributed by atoms with Gasteiger partial charge in [-0.25, -0.2) is 10.2 Å². The van der Waals surface area contributed by atoms with Crippen molar-refractivity contribution in [2.45, 2.75) is 93.8 Å². The summed E-state index contributed by atoms with van der Waals surface area (Å²) in [6, 6.07) is 8.10. The van der Waals surface area contributed by atoms with E-state index in [-0.39, 0.29) is 0 Å². The molecule has 2 aliphatic rings. The number of ether oxygens (including phenoxy) is 3. The highest BCUT2D eigenvalue weighted by molar-refractivity contribution is 6.67. The summed E-state index contributed by atoms with van der Waals surface area (Å²) in [5, 5.41) is 4.94. The average molecular weight is 726 g/mol. The van der Waals surface area contributed by atoms with Gasteiger partial charge in [-0.3, -0.25) is 24.4 Å². The summed E-state index contributed by atoms with van der Waals surface area (Å²) in [7, 11) is 0. The molecular formula is C34H43Cl3N4O7. The molecule has 0 bridgehead atoms. The fourth-order valence-corrected chi connectivity index (χ4v) is 5.72. The second-order valence-corrected chi connectivity index (χ2v) is 15.0. The number of hydrazine groups is 1. The number of nitrogens with zero attached hydrogens (tertiary/aromatic N) is 2. The van der Waals surface area contributed by atoms with E-state index in [2.05, 4.69) is 17.7 Å². The highest BCUT2D eigenvalue weighted by atomic mass is 35.6. The van der Waals surface area contributed by atoms with Crippen LogP contribution in [0.4, 0.5) is 0 Å². The van der Waals surface area contributed by atoms with Crippen LogP contribution in [0.15, 0.2) is 36.4 Å². The number of pyridine rings is 1. The molecular weight excluding hydrogens is 683 g/mol. The summed E-state index contributed by atoms with van der Waals surface area (Å²) in [5.74, 6) is -2.87. The number of amides is 2. The maximum absolute atomic E-state index is 13.8. The minimum absolute atomic E-state index is 0.301. The van der Waals surface area contributed by atoms with Gasteiger partial charge in [0.15, 0.2) is 11.7 Å². The Kier molecular flexibility index (Phi) is 13.1. The van der Waals surface area contributed by atoms with Crippen molar-refractivity contribution in [3.8, 4) is 0 Å². The number of benzene rings is 1. The number of aryl methyl sites for hydroxylation is 1. The molecule has 4 atom stereocenters. The fraction of sp³-hybridized carbons (Fsp3) is 0.559. The minimum Gasteiger partial charge on any atom is -0.460 e. The Morgan fingerprint density at radius 3 is 2.56 bits per heavy atom. The molecule has 11 nitrogen and oxygen atoms in total. The quantitative estimate of drug-likeness (QED) is 0.236. The Labute approximate surface area is 295 Å². The molecule has 0 spiro atoms. The van der Waals surface area contributed by atoms with Gasteiger partial charge in [-0.05, 0) is 75.1 Å². The topological polar surface area (TPSA) is 136 Å². The van der Waals surface area contributed by atoms with Crippen molar-refractivity contribution in [2.75, 3.05) is 19.8 Å². The van der Waals surface area contributed by atoms with Gasteiger partial charge in [0.05, 0.1) is 5.52 Å². The largest absolute Gasteiger partial charge is 0.460 e. The van der Waals surface area contributed by atoms with E-state index in [4.69, 9.17) is 54.0 Å². The van der Waals surface area contributed by atoms with Gasteiger partial charge in [0.1, 0.15) is 18.7 Å². The molecule has 2 saturated heterocycles. The van der Waals surface area contributed by atoms with Crippen molar-refractivity contribution >= 4 is 75.5 Å². The second kappa shape index (κ2) is 16.6. The number of carbonyl (C=O) groups is 4. The van der Waals surface area contributed by atoms with Crippen LogP contribution in [0.2, 0.25) is 0 Å². The molecule has 1 aromatic heterocycles. The van der Waals surface area contributed by atoms with Crippen LogP contribution in [-0.4, -0.2) is 81.1 Å². The molecule has 262 valence electrons. The lowest BCUT2D eigenvalue weighted by Gasteiger charge is -2.35. The number of nitrogens with one attached hydrogen (secondary N) is 2. The molecule has 2 aromatic rings. The number of hydrogen-bond acceptors (Lipinski definition) is 9. The third-order valence-corrected chi connectivity index (χ3v) is 8.60. The molecule has 2 N–H and O–H groups in total. The Balaban J connectivity index is 1.42. The summed E-state index contributed by atoms with van der Waals surface area (Å²) in [4.78, 5) is 57.7. The third-order valence-electron chi connectivity index (χ3n) is 8.27. The van der Waals surface area contributed by atoms with Crippen molar-refractivity contribution < 1.29 is 33.4 Å². The van der Waals surface area contributed by atoms with Crippen molar-refractivity contribution in [1.82, 2.24) is 20.7 Å². The molecule has 4 unspecified atom stereocenters. The Morgan fingerprint density at radius 2 is 1.90 bits per heavy atom. The van der Waals surface area contributed by atoms with Gasteiger partial charge in [-0.1, -0.05) is 79.8 Å². The second-order valence-electron chi connectivity index (χ2n) is 12.5. The molecule has 4 rings (SSSR count). The molecule has 2 fully saturated rings. The van der Waals surface area contributed by atoms with Gasteiger partial charge in [-0.2, -0.15) is 0 Å². The zero-order valence-corrected chi connectivity index (χ0v) is 29.9. The van der Waals surface area contributed by atoms with E-state index in [1.165, 1.54) is 11.9 Å². The highest BCUT2D eigenvalue weighted by Gasteiger charge is 2.43. The van der Waals surface area contributed by atoms with E-state index in [9.17, 15) is 19.2 Å². The maximum atomic E-state index is 13.8. The molecule has 3 heterocycles. The van der Waals surface area contributed by atoms with Gasteiger partial charge in [0, 0.05) is 24.2 Å². The number of esters is 2. The standard InChI is InChI=1S/C34H43Cl3N4O7/c1-5-25-13-12-24-11-10-23(19-27(24)39-25)14-16-33(15-6-7-18-47-33)32(45)48-28(21(2)3)29(42)38-22(4)30(43)41-17-8-9-26(40-41)31(44)46-20-34(35,36)37/h10-14,16,19,21-22,26,28,40H,5-9,15,17-18,20H2,1-4H3,(H,38,42)/b16-14+. The molecule has 1 aromatic carbocycles. The fourth-order valence-electron chi connectivity index (χ4n) is 5.55. The van der Waals surface area contributed by atoms with Crippen molar-refractivity contribution in [3.63, 3.8) is 0 Å². The van der Waals surface area contributed by atoms with Crippen molar-refractivity contribution in [1.29, 1.82) is 0 Å². The van der Waals surface area contributed by atoms with Crippen LogP contribution in [0.3, 0.4) is 0 Å². The Morgan fingerprint density at radius 1 is 1.15 bits per heavy atom. The average Bonchev–Trinajstić information content (AvgIpc) is 3.07. The van der Waals surface area contributed by atoms with Crippen LogP contribution in [0.1, 0.15) is 71.1 Å². The summed E-state index contributed by atoms with van der Waals surface area (Å²) in [6.45, 7) is 7.30. The van der Waals surface area contributed by atoms with Crippen LogP contribution in [0.25, 0.3) is 17.0 Å². The number of carbonyl (C=O) groups excluding carboxylic acids is 4. The molecule has 14 heteroatoms. The lowest BCUT2D eigenvalue weighted by Crippen LogP contribution is -2.60. The predicted octanol–water partition coefficient (Wildman–Crippen LogP) is 5.23. The number of hydrogen-bond donors (Lipinski definition) is 2. The van der Waals surface area contributed by atoms with Gasteiger partial charge < -0.3 is 19.5 Å². The molecule has 0 radical (unpaired) electrons. The van der Waals surface area contributed by atoms with Crippen LogP contribution in [0, 0.1) is 5.92 Å². The van der Waals surface area contributed by atoms with Gasteiger partial charge >= 0.3 is 11.9 Å². The lowest BCUT2D eigenvalue weighted by molar-refractivity contribution is -0.181. The van der Waals surface area contributed by atoms with E-state index in [0.717, 1.165) is 41.4 Å². The maximum Gasteiger partial charge on any atom is 0.343 e. The number of alkyl halides is 3. The highest BCUT2D eigenvalue weighted by Crippen LogP contribution is 2.31. The number of rotatable bonds is 11. The normalized spacial score (nSPS) is 21.6. The van der Waals surface area contributed by atoms with E-state index >= 15 is 0 Å². The van der Waals surface area contributed by atoms with Crippen molar-refractivity contribution in [3.05, 3.63) is 47.7 Å².